The monoisotopic (exact) mass is 321 g/mol. The van der Waals surface area contributed by atoms with Crippen molar-refractivity contribution in [2.75, 3.05) is 12.3 Å². The van der Waals surface area contributed by atoms with Crippen molar-refractivity contribution in [1.82, 2.24) is 4.72 Å². The lowest BCUT2D eigenvalue weighted by Crippen LogP contribution is -2.34. The zero-order valence-corrected chi connectivity index (χ0v) is 12.2. The summed E-state index contributed by atoms with van der Waals surface area (Å²) >= 11 is 3.37. The molecular weight excluding hydrogens is 306 g/mol. The van der Waals surface area contributed by atoms with Crippen LogP contribution in [0.4, 0.5) is 0 Å². The number of hydrogen-bond donors (Lipinski definition) is 1. The Morgan fingerprint density at radius 2 is 2.06 bits per heavy atom. The first-order chi connectivity index (χ1) is 7.94. The van der Waals surface area contributed by atoms with Gasteiger partial charge in [0.2, 0.25) is 10.0 Å². The summed E-state index contributed by atoms with van der Waals surface area (Å²) in [5.74, 6) is 0.782. The lowest BCUT2D eigenvalue weighted by Gasteiger charge is -2.16. The van der Waals surface area contributed by atoms with Gasteiger partial charge in [0.25, 0.3) is 0 Å². The number of sulfonamides is 1. The van der Waals surface area contributed by atoms with Crippen LogP contribution in [0.5, 0.6) is 5.75 Å². The standard InChI is InChI=1S/C11H16BrNO3S/c1-3-17(14,15)13-8-9(2)16-11-7-5-4-6-10(11)12/h4-7,9,13H,3,8H2,1-2H3/t9-/m1/s1. The van der Waals surface area contributed by atoms with E-state index in [0.717, 1.165) is 4.47 Å². The molecule has 17 heavy (non-hydrogen) atoms. The lowest BCUT2D eigenvalue weighted by molar-refractivity contribution is 0.223. The summed E-state index contributed by atoms with van der Waals surface area (Å²) in [6.07, 6.45) is -0.227. The molecule has 0 heterocycles. The van der Waals surface area contributed by atoms with Crippen LogP contribution in [0.1, 0.15) is 13.8 Å². The van der Waals surface area contributed by atoms with Gasteiger partial charge < -0.3 is 4.74 Å². The quantitative estimate of drug-likeness (QED) is 0.873. The highest BCUT2D eigenvalue weighted by Gasteiger charge is 2.11. The van der Waals surface area contributed by atoms with Crippen molar-refractivity contribution in [2.45, 2.75) is 20.0 Å². The molecule has 0 saturated heterocycles. The van der Waals surface area contributed by atoms with Crippen molar-refractivity contribution in [3.8, 4) is 5.75 Å². The van der Waals surface area contributed by atoms with Gasteiger partial charge in [0, 0.05) is 6.54 Å². The maximum Gasteiger partial charge on any atom is 0.211 e. The zero-order valence-electron chi connectivity index (χ0n) is 9.81. The molecule has 0 aliphatic rings. The van der Waals surface area contributed by atoms with Gasteiger partial charge in [-0.05, 0) is 41.9 Å². The molecule has 0 fully saturated rings. The van der Waals surface area contributed by atoms with E-state index in [9.17, 15) is 8.42 Å². The fourth-order valence-corrected chi connectivity index (χ4v) is 2.22. The molecule has 0 aliphatic carbocycles. The number of para-hydroxylation sites is 1. The summed E-state index contributed by atoms with van der Waals surface area (Å²) in [5.41, 5.74) is 0. The normalized spacial score (nSPS) is 13.4. The molecule has 1 rings (SSSR count). The summed E-state index contributed by atoms with van der Waals surface area (Å²) in [6, 6.07) is 7.46. The maximum atomic E-state index is 11.2. The largest absolute Gasteiger partial charge is 0.488 e. The topological polar surface area (TPSA) is 55.4 Å². The molecule has 0 unspecified atom stereocenters. The molecule has 1 aromatic rings. The fourth-order valence-electron chi connectivity index (χ4n) is 1.15. The molecule has 6 heteroatoms. The van der Waals surface area contributed by atoms with Gasteiger partial charge in [0.1, 0.15) is 11.9 Å². The highest BCUT2D eigenvalue weighted by molar-refractivity contribution is 9.10. The maximum absolute atomic E-state index is 11.2. The van der Waals surface area contributed by atoms with E-state index in [0.29, 0.717) is 5.75 Å². The third kappa shape index (κ3) is 5.06. The molecule has 1 aromatic carbocycles. The smallest absolute Gasteiger partial charge is 0.211 e. The van der Waals surface area contributed by atoms with Gasteiger partial charge in [-0.3, -0.25) is 0 Å². The van der Waals surface area contributed by atoms with Gasteiger partial charge in [0.05, 0.1) is 10.2 Å². The highest BCUT2D eigenvalue weighted by Crippen LogP contribution is 2.24. The SMILES string of the molecule is CCS(=O)(=O)NC[C@@H](C)Oc1ccccc1Br. The minimum atomic E-state index is -3.16. The van der Waals surface area contributed by atoms with E-state index in [2.05, 4.69) is 20.7 Å². The lowest BCUT2D eigenvalue weighted by atomic mass is 10.3. The Bertz CT molecular complexity index is 462. The summed E-state index contributed by atoms with van der Waals surface area (Å²) in [5, 5.41) is 0. The van der Waals surface area contributed by atoms with E-state index in [4.69, 9.17) is 4.74 Å². The summed E-state index contributed by atoms with van der Waals surface area (Å²) < 4.78 is 31.4. The molecule has 0 bridgehead atoms. The van der Waals surface area contributed by atoms with Crippen molar-refractivity contribution < 1.29 is 13.2 Å². The van der Waals surface area contributed by atoms with Crippen molar-refractivity contribution >= 4 is 26.0 Å². The summed E-state index contributed by atoms with van der Waals surface area (Å²) in [4.78, 5) is 0. The first-order valence-electron chi connectivity index (χ1n) is 5.33. The van der Waals surface area contributed by atoms with Gasteiger partial charge in [-0.25, -0.2) is 13.1 Å². The Morgan fingerprint density at radius 1 is 1.41 bits per heavy atom. The van der Waals surface area contributed by atoms with Crippen LogP contribution in [0, 0.1) is 0 Å². The van der Waals surface area contributed by atoms with Gasteiger partial charge in [-0.2, -0.15) is 0 Å². The van der Waals surface area contributed by atoms with Gasteiger partial charge >= 0.3 is 0 Å². The van der Waals surface area contributed by atoms with Crippen LogP contribution in [-0.2, 0) is 10.0 Å². The Kier molecular flexibility index (Phi) is 5.42. The first-order valence-corrected chi connectivity index (χ1v) is 7.77. The molecule has 1 atom stereocenters. The Balaban J connectivity index is 2.51. The Labute approximate surface area is 111 Å². The van der Waals surface area contributed by atoms with Crippen LogP contribution in [0.15, 0.2) is 28.7 Å². The van der Waals surface area contributed by atoms with Crippen LogP contribution in [0.3, 0.4) is 0 Å². The number of hydrogen-bond acceptors (Lipinski definition) is 3. The average molecular weight is 322 g/mol. The van der Waals surface area contributed by atoms with Crippen LogP contribution in [-0.4, -0.2) is 26.8 Å². The summed E-state index contributed by atoms with van der Waals surface area (Å²) in [7, 11) is -3.16. The third-order valence-corrected chi connectivity index (χ3v) is 4.16. The molecule has 0 radical (unpaired) electrons. The van der Waals surface area contributed by atoms with E-state index >= 15 is 0 Å². The van der Waals surface area contributed by atoms with Crippen molar-refractivity contribution in [3.05, 3.63) is 28.7 Å². The van der Waals surface area contributed by atoms with Crippen LogP contribution < -0.4 is 9.46 Å². The minimum absolute atomic E-state index is 0.0781. The molecule has 0 saturated carbocycles. The predicted molar refractivity (Wildman–Crippen MR) is 71.7 cm³/mol. The zero-order chi connectivity index (χ0) is 12.9. The minimum Gasteiger partial charge on any atom is -0.488 e. The molecule has 1 N–H and O–H groups in total. The highest BCUT2D eigenvalue weighted by atomic mass is 79.9. The van der Waals surface area contributed by atoms with Crippen LogP contribution >= 0.6 is 15.9 Å². The molecule has 0 aromatic heterocycles. The number of benzene rings is 1. The van der Waals surface area contributed by atoms with Gasteiger partial charge in [-0.15, -0.1) is 0 Å². The fraction of sp³-hybridized carbons (Fsp3) is 0.455. The summed E-state index contributed by atoms with van der Waals surface area (Å²) in [6.45, 7) is 3.68. The second kappa shape index (κ2) is 6.37. The van der Waals surface area contributed by atoms with E-state index < -0.39 is 10.0 Å². The Hall–Kier alpha value is -0.590. The van der Waals surface area contributed by atoms with Crippen molar-refractivity contribution in [2.24, 2.45) is 0 Å². The molecule has 4 nitrogen and oxygen atoms in total. The van der Waals surface area contributed by atoms with Crippen LogP contribution in [0.2, 0.25) is 0 Å². The third-order valence-electron chi connectivity index (χ3n) is 2.14. The number of halogens is 1. The van der Waals surface area contributed by atoms with E-state index in [-0.39, 0.29) is 18.4 Å². The molecular formula is C11H16BrNO3S. The van der Waals surface area contributed by atoms with E-state index in [1.807, 2.05) is 31.2 Å². The van der Waals surface area contributed by atoms with Crippen LogP contribution in [0.25, 0.3) is 0 Å². The second-order valence-electron chi connectivity index (χ2n) is 3.61. The molecule has 0 amide bonds. The van der Waals surface area contributed by atoms with Crippen molar-refractivity contribution in [1.29, 1.82) is 0 Å². The van der Waals surface area contributed by atoms with Gasteiger partial charge in [0.15, 0.2) is 0 Å². The van der Waals surface area contributed by atoms with E-state index in [1.54, 1.807) is 6.92 Å². The van der Waals surface area contributed by atoms with E-state index in [1.165, 1.54) is 0 Å². The average Bonchev–Trinajstić information content (AvgIpc) is 2.30. The van der Waals surface area contributed by atoms with Crippen molar-refractivity contribution in [3.63, 3.8) is 0 Å². The Morgan fingerprint density at radius 3 is 2.65 bits per heavy atom. The number of nitrogens with one attached hydrogen (secondary N) is 1. The predicted octanol–water partition coefficient (Wildman–Crippen LogP) is 2.16. The molecule has 96 valence electrons. The number of ether oxygens (including phenoxy) is 1. The molecule has 0 spiro atoms. The number of rotatable bonds is 6. The van der Waals surface area contributed by atoms with Gasteiger partial charge in [-0.1, -0.05) is 12.1 Å². The molecule has 0 aliphatic heterocycles. The second-order valence-corrected chi connectivity index (χ2v) is 6.56. The first kappa shape index (κ1) is 14.5.